The number of piperidine rings is 1. The fraction of sp³-hybridized carbons (Fsp3) is 0.583. The molecule has 19 heavy (non-hydrogen) atoms. The SMILES string of the molecule is CC1CCCC(C)N1S(=O)(=O)c1cnc(N)c(Cl)c1. The van der Waals surface area contributed by atoms with Crippen LogP contribution in [-0.4, -0.2) is 29.8 Å². The second kappa shape index (κ2) is 5.26. The molecule has 0 aliphatic carbocycles. The first kappa shape index (κ1) is 14.6. The molecular weight excluding hydrogens is 286 g/mol. The van der Waals surface area contributed by atoms with Crippen molar-refractivity contribution in [3.05, 3.63) is 17.3 Å². The van der Waals surface area contributed by atoms with Gasteiger partial charge in [-0.05, 0) is 32.8 Å². The molecule has 1 aromatic heterocycles. The number of rotatable bonds is 2. The lowest BCUT2D eigenvalue weighted by Gasteiger charge is -2.37. The average molecular weight is 304 g/mol. The minimum atomic E-state index is -3.57. The summed E-state index contributed by atoms with van der Waals surface area (Å²) in [6, 6.07) is 1.35. The molecule has 0 amide bonds. The van der Waals surface area contributed by atoms with Crippen LogP contribution in [0.5, 0.6) is 0 Å². The van der Waals surface area contributed by atoms with E-state index in [-0.39, 0.29) is 27.8 Å². The first-order valence-electron chi connectivity index (χ1n) is 6.28. The van der Waals surface area contributed by atoms with Gasteiger partial charge < -0.3 is 5.73 Å². The minimum Gasteiger partial charge on any atom is -0.382 e. The molecule has 0 radical (unpaired) electrons. The lowest BCUT2D eigenvalue weighted by atomic mass is 10.0. The van der Waals surface area contributed by atoms with Crippen LogP contribution < -0.4 is 5.73 Å². The van der Waals surface area contributed by atoms with Gasteiger partial charge in [0.15, 0.2) is 0 Å². The summed E-state index contributed by atoms with van der Waals surface area (Å²) in [5.41, 5.74) is 5.51. The van der Waals surface area contributed by atoms with Gasteiger partial charge in [0.05, 0.1) is 5.02 Å². The van der Waals surface area contributed by atoms with Crippen LogP contribution >= 0.6 is 11.6 Å². The molecule has 1 fully saturated rings. The number of aromatic nitrogens is 1. The molecule has 2 N–H and O–H groups in total. The number of nitrogen functional groups attached to an aromatic ring is 1. The molecule has 7 heteroatoms. The lowest BCUT2D eigenvalue weighted by Crippen LogP contribution is -2.47. The van der Waals surface area contributed by atoms with Gasteiger partial charge in [0.25, 0.3) is 0 Å². The third-order valence-corrected chi connectivity index (χ3v) is 5.93. The van der Waals surface area contributed by atoms with Crippen molar-refractivity contribution < 1.29 is 8.42 Å². The fourth-order valence-corrected chi connectivity index (χ4v) is 4.65. The highest BCUT2D eigenvalue weighted by Gasteiger charge is 2.36. The third kappa shape index (κ3) is 2.70. The van der Waals surface area contributed by atoms with Crippen LogP contribution in [0.3, 0.4) is 0 Å². The summed E-state index contributed by atoms with van der Waals surface area (Å²) in [6.45, 7) is 3.86. The van der Waals surface area contributed by atoms with Gasteiger partial charge in [-0.1, -0.05) is 18.0 Å². The van der Waals surface area contributed by atoms with Crippen molar-refractivity contribution >= 4 is 27.4 Å². The maximum atomic E-state index is 12.7. The molecule has 1 aliphatic rings. The van der Waals surface area contributed by atoms with E-state index in [9.17, 15) is 8.42 Å². The van der Waals surface area contributed by atoms with Gasteiger partial charge in [0, 0.05) is 18.3 Å². The van der Waals surface area contributed by atoms with Gasteiger partial charge in [0.2, 0.25) is 10.0 Å². The normalized spacial score (nSPS) is 25.4. The van der Waals surface area contributed by atoms with Crippen molar-refractivity contribution in [3.63, 3.8) is 0 Å². The van der Waals surface area contributed by atoms with E-state index in [4.69, 9.17) is 17.3 Å². The Morgan fingerprint density at radius 3 is 2.47 bits per heavy atom. The summed E-state index contributed by atoms with van der Waals surface area (Å²) in [4.78, 5) is 3.93. The summed E-state index contributed by atoms with van der Waals surface area (Å²) in [5, 5.41) is 0.165. The smallest absolute Gasteiger partial charge is 0.245 e. The number of sulfonamides is 1. The molecule has 0 bridgehead atoms. The van der Waals surface area contributed by atoms with Gasteiger partial charge in [-0.2, -0.15) is 4.31 Å². The van der Waals surface area contributed by atoms with Crippen LogP contribution in [0.2, 0.25) is 5.02 Å². The number of hydrogen-bond donors (Lipinski definition) is 1. The molecule has 1 aliphatic heterocycles. The summed E-state index contributed by atoms with van der Waals surface area (Å²) in [7, 11) is -3.57. The number of hydrogen-bond acceptors (Lipinski definition) is 4. The van der Waals surface area contributed by atoms with Crippen molar-refractivity contribution in [3.8, 4) is 0 Å². The number of halogens is 1. The van der Waals surface area contributed by atoms with E-state index in [0.717, 1.165) is 19.3 Å². The monoisotopic (exact) mass is 303 g/mol. The Bertz CT molecular complexity index is 566. The van der Waals surface area contributed by atoms with E-state index in [0.29, 0.717) is 0 Å². The van der Waals surface area contributed by atoms with Crippen molar-refractivity contribution in [2.75, 3.05) is 5.73 Å². The van der Waals surface area contributed by atoms with Gasteiger partial charge in [-0.3, -0.25) is 0 Å². The summed E-state index contributed by atoms with van der Waals surface area (Å²) in [5.74, 6) is 0.139. The second-order valence-corrected chi connectivity index (χ2v) is 7.25. The van der Waals surface area contributed by atoms with Crippen molar-refractivity contribution in [2.45, 2.75) is 50.1 Å². The van der Waals surface area contributed by atoms with E-state index < -0.39 is 10.0 Å². The molecule has 106 valence electrons. The summed E-state index contributed by atoms with van der Waals surface area (Å²) in [6.07, 6.45) is 4.07. The molecule has 2 atom stereocenters. The number of nitrogens with two attached hydrogens (primary N) is 1. The zero-order valence-corrected chi connectivity index (χ0v) is 12.6. The van der Waals surface area contributed by atoms with Crippen LogP contribution in [0.4, 0.5) is 5.82 Å². The Kier molecular flexibility index (Phi) is 4.03. The predicted molar refractivity (Wildman–Crippen MR) is 75.5 cm³/mol. The highest BCUT2D eigenvalue weighted by atomic mass is 35.5. The van der Waals surface area contributed by atoms with E-state index in [2.05, 4.69) is 4.98 Å². The molecule has 0 aromatic carbocycles. The summed E-state index contributed by atoms with van der Waals surface area (Å²) >= 11 is 5.86. The highest BCUT2D eigenvalue weighted by Crippen LogP contribution is 2.30. The van der Waals surface area contributed by atoms with E-state index >= 15 is 0 Å². The molecule has 2 heterocycles. The number of anilines is 1. The quantitative estimate of drug-likeness (QED) is 0.909. The summed E-state index contributed by atoms with van der Waals surface area (Å²) < 4.78 is 26.9. The Hall–Kier alpha value is -0.850. The first-order chi connectivity index (χ1) is 8.84. The Morgan fingerprint density at radius 1 is 1.37 bits per heavy atom. The van der Waals surface area contributed by atoms with Crippen molar-refractivity contribution in [1.82, 2.24) is 9.29 Å². The fourth-order valence-electron chi connectivity index (χ4n) is 2.57. The van der Waals surface area contributed by atoms with Crippen molar-refractivity contribution in [2.24, 2.45) is 0 Å². The number of pyridine rings is 1. The molecule has 1 saturated heterocycles. The Labute approximate surface area is 118 Å². The zero-order chi connectivity index (χ0) is 14.2. The van der Waals surface area contributed by atoms with Crippen molar-refractivity contribution in [1.29, 1.82) is 0 Å². The molecule has 5 nitrogen and oxygen atoms in total. The van der Waals surface area contributed by atoms with Gasteiger partial charge in [-0.25, -0.2) is 13.4 Å². The van der Waals surface area contributed by atoms with Crippen LogP contribution in [0.1, 0.15) is 33.1 Å². The molecule has 1 aromatic rings. The largest absolute Gasteiger partial charge is 0.382 e. The Morgan fingerprint density at radius 2 is 1.95 bits per heavy atom. The zero-order valence-electron chi connectivity index (χ0n) is 11.0. The highest BCUT2D eigenvalue weighted by molar-refractivity contribution is 7.89. The lowest BCUT2D eigenvalue weighted by molar-refractivity contribution is 0.204. The molecular formula is C12H18ClN3O2S. The third-order valence-electron chi connectivity index (χ3n) is 3.53. The Balaban J connectivity index is 2.43. The first-order valence-corrected chi connectivity index (χ1v) is 8.10. The van der Waals surface area contributed by atoms with Gasteiger partial charge in [0.1, 0.15) is 10.7 Å². The van der Waals surface area contributed by atoms with Crippen LogP contribution in [0.25, 0.3) is 0 Å². The predicted octanol–water partition coefficient (Wildman–Crippen LogP) is 2.27. The van der Waals surface area contributed by atoms with Crippen LogP contribution in [0.15, 0.2) is 17.2 Å². The van der Waals surface area contributed by atoms with Gasteiger partial charge in [-0.15, -0.1) is 0 Å². The standard InChI is InChI=1S/C12H18ClN3O2S/c1-8-4-3-5-9(2)16(8)19(17,18)10-6-11(13)12(14)15-7-10/h6-9H,3-5H2,1-2H3,(H2,14,15). The minimum absolute atomic E-state index is 0.00919. The van der Waals surface area contributed by atoms with Crippen LogP contribution in [0, 0.1) is 0 Å². The maximum Gasteiger partial charge on any atom is 0.245 e. The van der Waals surface area contributed by atoms with E-state index in [1.54, 1.807) is 4.31 Å². The van der Waals surface area contributed by atoms with E-state index in [1.807, 2.05) is 13.8 Å². The number of nitrogens with zero attached hydrogens (tertiary/aromatic N) is 2. The second-order valence-electron chi connectivity index (χ2n) is 5.00. The maximum absolute atomic E-state index is 12.7. The molecule has 2 rings (SSSR count). The molecule has 2 unspecified atom stereocenters. The molecule has 0 saturated carbocycles. The average Bonchev–Trinajstić information content (AvgIpc) is 2.32. The van der Waals surface area contributed by atoms with E-state index in [1.165, 1.54) is 12.3 Å². The van der Waals surface area contributed by atoms with Gasteiger partial charge >= 0.3 is 0 Å². The molecule has 0 spiro atoms. The van der Waals surface area contributed by atoms with Crippen LogP contribution in [-0.2, 0) is 10.0 Å². The topological polar surface area (TPSA) is 76.3 Å².